The molecule has 0 aliphatic rings. The summed E-state index contributed by atoms with van der Waals surface area (Å²) in [6.45, 7) is 4.96. The molecule has 0 aliphatic carbocycles. The van der Waals surface area contributed by atoms with E-state index < -0.39 is 30.4 Å². The number of aromatic amines is 1. The normalized spacial score (nSPS) is 10.3. The number of amides is 2. The highest BCUT2D eigenvalue weighted by Gasteiger charge is 2.23. The van der Waals surface area contributed by atoms with Gasteiger partial charge in [0.15, 0.2) is 6.61 Å². The van der Waals surface area contributed by atoms with E-state index in [9.17, 15) is 19.2 Å². The monoisotopic (exact) mass is 401 g/mol. The van der Waals surface area contributed by atoms with Crippen molar-refractivity contribution in [1.82, 2.24) is 10.3 Å². The van der Waals surface area contributed by atoms with Gasteiger partial charge in [-0.25, -0.2) is 14.4 Å². The summed E-state index contributed by atoms with van der Waals surface area (Å²) in [5.74, 6) is -1.64. The Hall–Kier alpha value is -3.62. The fourth-order valence-electron chi connectivity index (χ4n) is 2.81. The Balaban J connectivity index is 2.01. The number of urea groups is 1. The lowest BCUT2D eigenvalue weighted by Gasteiger charge is -2.07. The highest BCUT2D eigenvalue weighted by Crippen LogP contribution is 2.20. The second-order valence-electron chi connectivity index (χ2n) is 6.26. The molecule has 2 aromatic rings. The van der Waals surface area contributed by atoms with Crippen molar-refractivity contribution < 1.29 is 28.7 Å². The number of carbonyl (C=O) groups is 4. The molecule has 2 amide bonds. The fourth-order valence-corrected chi connectivity index (χ4v) is 2.81. The van der Waals surface area contributed by atoms with Crippen molar-refractivity contribution in [2.24, 2.45) is 5.73 Å². The lowest BCUT2D eigenvalue weighted by Crippen LogP contribution is -2.28. The standard InChI is InChI=1S/C20H23N3O6/c1-4-28-19(26)17-11(2)16(12(3)23-17)15(24)10-29-18(25)14-7-5-13(6-8-14)9-22-20(21)27/h5-8,23H,4,9-10H2,1-3H3,(H3,21,22,27). The summed E-state index contributed by atoms with van der Waals surface area (Å²) >= 11 is 0. The summed E-state index contributed by atoms with van der Waals surface area (Å²) < 4.78 is 10.1. The molecule has 0 unspecified atom stereocenters. The van der Waals surface area contributed by atoms with Crippen LogP contribution in [-0.4, -0.2) is 42.0 Å². The summed E-state index contributed by atoms with van der Waals surface area (Å²) in [7, 11) is 0. The second kappa shape index (κ2) is 9.54. The maximum atomic E-state index is 12.5. The van der Waals surface area contributed by atoms with E-state index in [-0.39, 0.29) is 24.4 Å². The fraction of sp³-hybridized carbons (Fsp3) is 0.300. The Bertz CT molecular complexity index is 930. The molecule has 0 fully saturated rings. The minimum absolute atomic E-state index is 0.208. The Morgan fingerprint density at radius 3 is 2.28 bits per heavy atom. The number of Topliss-reactive ketones (excluding diaryl/α,β-unsaturated/α-hetero) is 1. The molecule has 1 heterocycles. The van der Waals surface area contributed by atoms with Crippen LogP contribution < -0.4 is 11.1 Å². The van der Waals surface area contributed by atoms with Crippen LogP contribution in [0, 0.1) is 13.8 Å². The lowest BCUT2D eigenvalue weighted by atomic mass is 10.1. The first-order chi connectivity index (χ1) is 13.7. The molecule has 0 saturated heterocycles. The van der Waals surface area contributed by atoms with Gasteiger partial charge in [-0.15, -0.1) is 0 Å². The topological polar surface area (TPSA) is 141 Å². The van der Waals surface area contributed by atoms with Crippen LogP contribution in [0.4, 0.5) is 4.79 Å². The second-order valence-corrected chi connectivity index (χ2v) is 6.26. The van der Waals surface area contributed by atoms with Crippen LogP contribution >= 0.6 is 0 Å². The minimum Gasteiger partial charge on any atom is -0.461 e. The van der Waals surface area contributed by atoms with Crippen molar-refractivity contribution in [2.45, 2.75) is 27.3 Å². The predicted molar refractivity (Wildman–Crippen MR) is 104 cm³/mol. The number of nitrogens with one attached hydrogen (secondary N) is 2. The van der Waals surface area contributed by atoms with Crippen molar-refractivity contribution in [3.05, 3.63) is 57.9 Å². The van der Waals surface area contributed by atoms with Crippen molar-refractivity contribution in [3.8, 4) is 0 Å². The van der Waals surface area contributed by atoms with Gasteiger partial charge in [0.25, 0.3) is 0 Å². The third kappa shape index (κ3) is 5.44. The zero-order valence-electron chi connectivity index (χ0n) is 16.5. The molecule has 4 N–H and O–H groups in total. The Morgan fingerprint density at radius 1 is 1.03 bits per heavy atom. The minimum atomic E-state index is -0.663. The first-order valence-corrected chi connectivity index (χ1v) is 8.93. The van der Waals surface area contributed by atoms with Crippen molar-refractivity contribution in [1.29, 1.82) is 0 Å². The molecule has 0 aliphatic heterocycles. The first-order valence-electron chi connectivity index (χ1n) is 8.93. The molecule has 0 saturated carbocycles. The highest BCUT2D eigenvalue weighted by molar-refractivity contribution is 6.04. The number of rotatable bonds is 8. The van der Waals surface area contributed by atoms with Gasteiger partial charge in [0.05, 0.1) is 12.2 Å². The molecule has 0 radical (unpaired) electrons. The predicted octanol–water partition coefficient (Wildman–Crippen LogP) is 2.02. The number of hydrogen-bond donors (Lipinski definition) is 3. The van der Waals surface area contributed by atoms with Crippen LogP contribution in [0.25, 0.3) is 0 Å². The number of carbonyl (C=O) groups excluding carboxylic acids is 4. The molecule has 29 heavy (non-hydrogen) atoms. The van der Waals surface area contributed by atoms with E-state index >= 15 is 0 Å². The van der Waals surface area contributed by atoms with E-state index in [0.29, 0.717) is 16.8 Å². The van der Waals surface area contributed by atoms with Gasteiger partial charge >= 0.3 is 18.0 Å². The number of ether oxygens (including phenoxy) is 2. The number of hydrogen-bond acceptors (Lipinski definition) is 6. The molecule has 2 rings (SSSR count). The SMILES string of the molecule is CCOC(=O)c1[nH]c(C)c(C(=O)COC(=O)c2ccc(CNC(N)=O)cc2)c1C. The number of primary amides is 1. The van der Waals surface area contributed by atoms with E-state index in [1.165, 1.54) is 12.1 Å². The Morgan fingerprint density at radius 2 is 1.69 bits per heavy atom. The summed E-state index contributed by atoms with van der Waals surface area (Å²) in [6, 6.07) is 5.68. The third-order valence-corrected chi connectivity index (χ3v) is 4.19. The van der Waals surface area contributed by atoms with Crippen molar-refractivity contribution in [3.63, 3.8) is 0 Å². The zero-order chi connectivity index (χ0) is 21.6. The van der Waals surface area contributed by atoms with Crippen LogP contribution in [0.3, 0.4) is 0 Å². The van der Waals surface area contributed by atoms with E-state index in [2.05, 4.69) is 10.3 Å². The molecular formula is C20H23N3O6. The molecule has 1 aromatic carbocycles. The average Bonchev–Trinajstić information content (AvgIpc) is 2.99. The van der Waals surface area contributed by atoms with E-state index in [4.69, 9.17) is 15.2 Å². The number of aromatic nitrogens is 1. The van der Waals surface area contributed by atoms with Gasteiger partial charge in [0, 0.05) is 17.8 Å². The van der Waals surface area contributed by atoms with E-state index in [0.717, 1.165) is 5.56 Å². The van der Waals surface area contributed by atoms with Gasteiger partial charge < -0.3 is 25.5 Å². The molecule has 9 heteroatoms. The summed E-state index contributed by atoms with van der Waals surface area (Å²) in [5.41, 5.74) is 7.47. The molecule has 1 aromatic heterocycles. The van der Waals surface area contributed by atoms with Crippen molar-refractivity contribution >= 4 is 23.8 Å². The van der Waals surface area contributed by atoms with Gasteiger partial charge in [-0.3, -0.25) is 4.79 Å². The molecule has 0 bridgehead atoms. The van der Waals surface area contributed by atoms with Gasteiger partial charge in [0.1, 0.15) is 5.69 Å². The maximum Gasteiger partial charge on any atom is 0.355 e. The number of aryl methyl sites for hydroxylation is 1. The van der Waals surface area contributed by atoms with Crippen LogP contribution in [0.15, 0.2) is 24.3 Å². The largest absolute Gasteiger partial charge is 0.461 e. The summed E-state index contributed by atoms with van der Waals surface area (Å²) in [5, 5.41) is 2.44. The maximum absolute atomic E-state index is 12.5. The number of H-pyrrole nitrogens is 1. The van der Waals surface area contributed by atoms with E-state index in [1.54, 1.807) is 32.9 Å². The summed E-state index contributed by atoms with van der Waals surface area (Å²) in [4.78, 5) is 50.2. The Labute approximate surface area is 167 Å². The number of esters is 2. The first kappa shape index (κ1) is 21.7. The van der Waals surface area contributed by atoms with Gasteiger partial charge in [-0.1, -0.05) is 12.1 Å². The third-order valence-electron chi connectivity index (χ3n) is 4.19. The molecular weight excluding hydrogens is 378 g/mol. The van der Waals surface area contributed by atoms with Gasteiger partial charge in [-0.05, 0) is 44.0 Å². The van der Waals surface area contributed by atoms with Gasteiger partial charge in [-0.2, -0.15) is 0 Å². The smallest absolute Gasteiger partial charge is 0.355 e. The zero-order valence-corrected chi connectivity index (χ0v) is 16.5. The quantitative estimate of drug-likeness (QED) is 0.456. The molecule has 0 spiro atoms. The molecule has 154 valence electrons. The number of benzene rings is 1. The van der Waals surface area contributed by atoms with E-state index in [1.807, 2.05) is 0 Å². The van der Waals surface area contributed by atoms with Gasteiger partial charge in [0.2, 0.25) is 5.78 Å². The highest BCUT2D eigenvalue weighted by atomic mass is 16.5. The Kier molecular flexibility index (Phi) is 7.13. The van der Waals surface area contributed by atoms with Crippen LogP contribution in [0.5, 0.6) is 0 Å². The van der Waals surface area contributed by atoms with Crippen molar-refractivity contribution in [2.75, 3.05) is 13.2 Å². The molecule has 9 nitrogen and oxygen atoms in total. The summed E-state index contributed by atoms with van der Waals surface area (Å²) in [6.07, 6.45) is 0. The van der Waals surface area contributed by atoms with Crippen LogP contribution in [0.1, 0.15) is 54.9 Å². The van der Waals surface area contributed by atoms with Crippen LogP contribution in [0.2, 0.25) is 0 Å². The average molecular weight is 401 g/mol. The number of ketones is 1. The number of nitrogens with two attached hydrogens (primary N) is 1. The lowest BCUT2D eigenvalue weighted by molar-refractivity contribution is 0.0473. The molecule has 0 atom stereocenters. The van der Waals surface area contributed by atoms with Crippen LogP contribution in [-0.2, 0) is 16.0 Å².